The molecule has 0 radical (unpaired) electrons. The van der Waals surface area contributed by atoms with Crippen LogP contribution in [-0.2, 0) is 12.8 Å². The van der Waals surface area contributed by atoms with E-state index < -0.39 is 0 Å². The number of carbonyl (C=O) groups excluding carboxylic acids is 1. The zero-order valence-corrected chi connectivity index (χ0v) is 12.7. The van der Waals surface area contributed by atoms with Crippen molar-refractivity contribution in [3.8, 4) is 0 Å². The molecule has 3 rings (SSSR count). The van der Waals surface area contributed by atoms with Crippen molar-refractivity contribution in [3.63, 3.8) is 0 Å². The predicted octanol–water partition coefficient (Wildman–Crippen LogP) is 2.57. The number of hydrogen-bond acceptors (Lipinski definition) is 4. The third-order valence-corrected chi connectivity index (χ3v) is 4.58. The van der Waals surface area contributed by atoms with Crippen molar-refractivity contribution in [1.82, 2.24) is 9.97 Å². The highest BCUT2D eigenvalue weighted by Gasteiger charge is 2.37. The summed E-state index contributed by atoms with van der Waals surface area (Å²) in [7, 11) is 0. The Morgan fingerprint density at radius 1 is 1.09 bits per heavy atom. The van der Waals surface area contributed by atoms with E-state index >= 15 is 0 Å². The Labute approximate surface area is 130 Å². The van der Waals surface area contributed by atoms with Gasteiger partial charge in [0, 0.05) is 18.8 Å². The van der Waals surface area contributed by atoms with Gasteiger partial charge in [-0.3, -0.25) is 4.79 Å². The molecule has 1 aliphatic rings. The molecule has 114 valence electrons. The van der Waals surface area contributed by atoms with Crippen LogP contribution in [0.2, 0.25) is 0 Å². The first-order valence-electron chi connectivity index (χ1n) is 7.79. The number of Topliss-reactive ketones (excluding diaryl/α,β-unsaturated/α-hetero) is 1. The summed E-state index contributed by atoms with van der Waals surface area (Å²) in [6.45, 7) is 0.000646. The average molecular weight is 295 g/mol. The third kappa shape index (κ3) is 3.22. The molecule has 0 aliphatic heterocycles. The van der Waals surface area contributed by atoms with Gasteiger partial charge < -0.3 is 5.73 Å². The lowest BCUT2D eigenvalue weighted by Crippen LogP contribution is -2.34. The van der Waals surface area contributed by atoms with Crippen LogP contribution < -0.4 is 5.73 Å². The van der Waals surface area contributed by atoms with Crippen LogP contribution in [0.3, 0.4) is 0 Å². The summed E-state index contributed by atoms with van der Waals surface area (Å²) in [5.74, 6) is 0.707. The Hall–Kier alpha value is -2.07. The molecule has 1 saturated carbocycles. The number of nitrogens with zero attached hydrogens (tertiary/aromatic N) is 2. The molecular weight excluding hydrogens is 274 g/mol. The zero-order chi connectivity index (χ0) is 15.4. The minimum absolute atomic E-state index is 0.000646. The van der Waals surface area contributed by atoms with Gasteiger partial charge in [-0.2, -0.15) is 0 Å². The molecule has 2 N–H and O–H groups in total. The van der Waals surface area contributed by atoms with E-state index in [1.54, 1.807) is 12.4 Å². The van der Waals surface area contributed by atoms with E-state index in [1.807, 2.05) is 6.07 Å². The topological polar surface area (TPSA) is 68.9 Å². The van der Waals surface area contributed by atoms with Gasteiger partial charge >= 0.3 is 0 Å². The van der Waals surface area contributed by atoms with E-state index in [1.165, 1.54) is 24.8 Å². The van der Waals surface area contributed by atoms with Crippen molar-refractivity contribution in [2.45, 2.75) is 32.1 Å². The van der Waals surface area contributed by atoms with Crippen LogP contribution in [-0.4, -0.2) is 22.3 Å². The molecular formula is C18H21N3O. The van der Waals surface area contributed by atoms with Gasteiger partial charge in [-0.1, -0.05) is 36.8 Å². The predicted molar refractivity (Wildman–Crippen MR) is 85.6 cm³/mol. The van der Waals surface area contributed by atoms with Crippen molar-refractivity contribution >= 4 is 5.78 Å². The van der Waals surface area contributed by atoms with Gasteiger partial charge in [-0.15, -0.1) is 0 Å². The van der Waals surface area contributed by atoms with Crippen molar-refractivity contribution < 1.29 is 4.79 Å². The molecule has 1 fully saturated rings. The summed E-state index contributed by atoms with van der Waals surface area (Å²) in [4.78, 5) is 20.3. The van der Waals surface area contributed by atoms with Crippen LogP contribution in [0, 0.1) is 5.41 Å². The highest BCUT2D eigenvalue weighted by molar-refractivity contribution is 5.96. The van der Waals surface area contributed by atoms with Crippen LogP contribution in [0.4, 0.5) is 0 Å². The molecule has 0 unspecified atom stereocenters. The SMILES string of the molecule is NCC(=O)c1cnc(CC2(Cc3ccccc3)CCC2)nc1. The summed E-state index contributed by atoms with van der Waals surface area (Å²) >= 11 is 0. The van der Waals surface area contributed by atoms with Gasteiger partial charge in [0.2, 0.25) is 0 Å². The summed E-state index contributed by atoms with van der Waals surface area (Å²) < 4.78 is 0. The van der Waals surface area contributed by atoms with E-state index in [4.69, 9.17) is 5.73 Å². The lowest BCUT2D eigenvalue weighted by atomic mass is 9.63. The van der Waals surface area contributed by atoms with E-state index in [9.17, 15) is 4.79 Å². The van der Waals surface area contributed by atoms with E-state index in [2.05, 4.69) is 34.2 Å². The maximum absolute atomic E-state index is 11.5. The van der Waals surface area contributed by atoms with Gasteiger partial charge in [-0.05, 0) is 30.2 Å². The van der Waals surface area contributed by atoms with E-state index in [0.29, 0.717) is 5.56 Å². The second-order valence-electron chi connectivity index (χ2n) is 6.21. The van der Waals surface area contributed by atoms with Crippen LogP contribution in [0.25, 0.3) is 0 Å². The largest absolute Gasteiger partial charge is 0.324 e. The molecule has 0 saturated heterocycles. The van der Waals surface area contributed by atoms with Gasteiger partial charge in [0.15, 0.2) is 5.78 Å². The van der Waals surface area contributed by atoms with Crippen LogP contribution in [0.15, 0.2) is 42.7 Å². The number of ketones is 1. The molecule has 0 bridgehead atoms. The number of carbonyl (C=O) groups is 1. The van der Waals surface area contributed by atoms with Crippen molar-refractivity contribution in [2.75, 3.05) is 6.54 Å². The molecule has 0 spiro atoms. The smallest absolute Gasteiger partial charge is 0.179 e. The lowest BCUT2D eigenvalue weighted by Gasteiger charge is -2.42. The van der Waals surface area contributed by atoms with E-state index in [0.717, 1.165) is 18.7 Å². The van der Waals surface area contributed by atoms with Crippen molar-refractivity contribution in [3.05, 3.63) is 59.7 Å². The second kappa shape index (κ2) is 6.36. The van der Waals surface area contributed by atoms with Crippen LogP contribution >= 0.6 is 0 Å². The molecule has 1 aromatic heterocycles. The van der Waals surface area contributed by atoms with Gasteiger partial charge in [-0.25, -0.2) is 9.97 Å². The minimum Gasteiger partial charge on any atom is -0.324 e. The summed E-state index contributed by atoms with van der Waals surface area (Å²) in [6, 6.07) is 10.6. The quantitative estimate of drug-likeness (QED) is 0.832. The maximum Gasteiger partial charge on any atom is 0.179 e. The molecule has 0 atom stereocenters. The fourth-order valence-electron chi connectivity index (χ4n) is 3.17. The monoisotopic (exact) mass is 295 g/mol. The second-order valence-corrected chi connectivity index (χ2v) is 6.21. The fraction of sp³-hybridized carbons (Fsp3) is 0.389. The standard InChI is InChI=1S/C18H21N3O/c19-11-16(22)15-12-20-17(21-13-15)10-18(7-4-8-18)9-14-5-2-1-3-6-14/h1-3,5-6,12-13H,4,7-11,19H2. The minimum atomic E-state index is -0.116. The molecule has 4 heteroatoms. The Morgan fingerprint density at radius 2 is 1.77 bits per heavy atom. The number of aromatic nitrogens is 2. The number of benzene rings is 1. The summed E-state index contributed by atoms with van der Waals surface area (Å²) in [6.07, 6.45) is 8.86. The Balaban J connectivity index is 1.71. The molecule has 1 aromatic carbocycles. The lowest BCUT2D eigenvalue weighted by molar-refractivity contribution is 0.100. The maximum atomic E-state index is 11.5. The third-order valence-electron chi connectivity index (χ3n) is 4.58. The molecule has 22 heavy (non-hydrogen) atoms. The first kappa shape index (κ1) is 14.9. The van der Waals surface area contributed by atoms with Crippen molar-refractivity contribution in [1.29, 1.82) is 0 Å². The molecule has 4 nitrogen and oxygen atoms in total. The van der Waals surface area contributed by atoms with Crippen molar-refractivity contribution in [2.24, 2.45) is 11.1 Å². The fourth-order valence-corrected chi connectivity index (χ4v) is 3.17. The first-order chi connectivity index (χ1) is 10.7. The number of rotatable bonds is 6. The molecule has 0 amide bonds. The molecule has 1 heterocycles. The van der Waals surface area contributed by atoms with Gasteiger partial charge in [0.1, 0.15) is 5.82 Å². The summed E-state index contributed by atoms with van der Waals surface area (Å²) in [5.41, 5.74) is 7.50. The normalized spacial score (nSPS) is 16.0. The van der Waals surface area contributed by atoms with Gasteiger partial charge in [0.25, 0.3) is 0 Å². The zero-order valence-electron chi connectivity index (χ0n) is 12.7. The average Bonchev–Trinajstić information content (AvgIpc) is 2.53. The summed E-state index contributed by atoms with van der Waals surface area (Å²) in [5, 5.41) is 0. The van der Waals surface area contributed by atoms with Crippen LogP contribution in [0.5, 0.6) is 0 Å². The van der Waals surface area contributed by atoms with Gasteiger partial charge in [0.05, 0.1) is 12.1 Å². The van der Waals surface area contributed by atoms with E-state index in [-0.39, 0.29) is 17.7 Å². The number of hydrogen-bond donors (Lipinski definition) is 1. The highest BCUT2D eigenvalue weighted by atomic mass is 16.1. The first-order valence-corrected chi connectivity index (χ1v) is 7.79. The molecule has 1 aliphatic carbocycles. The highest BCUT2D eigenvalue weighted by Crippen LogP contribution is 2.45. The Morgan fingerprint density at radius 3 is 2.32 bits per heavy atom. The Bertz CT molecular complexity index is 633. The number of nitrogens with two attached hydrogens (primary N) is 1. The molecule has 2 aromatic rings. The van der Waals surface area contributed by atoms with Crippen LogP contribution in [0.1, 0.15) is 41.0 Å². The Kier molecular flexibility index (Phi) is 4.29.